The molecule has 0 saturated heterocycles. The minimum atomic E-state index is -3.55. The first-order valence-electron chi connectivity index (χ1n) is 7.85. The van der Waals surface area contributed by atoms with Gasteiger partial charge in [0.05, 0.1) is 18.5 Å². The van der Waals surface area contributed by atoms with Crippen molar-refractivity contribution in [1.29, 1.82) is 0 Å². The van der Waals surface area contributed by atoms with Crippen molar-refractivity contribution in [2.45, 2.75) is 6.92 Å². The number of ether oxygens (including phenoxy) is 1. The van der Waals surface area contributed by atoms with Gasteiger partial charge in [0.2, 0.25) is 15.9 Å². The topological polar surface area (TPSA) is 75.7 Å². The van der Waals surface area contributed by atoms with E-state index in [2.05, 4.69) is 5.32 Å². The van der Waals surface area contributed by atoms with Gasteiger partial charge in [0.25, 0.3) is 0 Å². The lowest BCUT2D eigenvalue weighted by molar-refractivity contribution is -0.119. The lowest BCUT2D eigenvalue weighted by atomic mass is 10.2. The minimum absolute atomic E-state index is 0.270. The Kier molecular flexibility index (Phi) is 6.41. The highest BCUT2D eigenvalue weighted by atomic mass is 32.2. The molecule has 134 valence electrons. The van der Waals surface area contributed by atoms with E-state index in [4.69, 9.17) is 4.74 Å². The summed E-state index contributed by atoms with van der Waals surface area (Å²) in [5.74, 6) is 0.337. The molecule has 6 nitrogen and oxygen atoms in total. The van der Waals surface area contributed by atoms with Gasteiger partial charge in [-0.1, -0.05) is 35.9 Å². The third kappa shape index (κ3) is 6.11. The summed E-state index contributed by atoms with van der Waals surface area (Å²) in [6.45, 7) is 2.32. The molecule has 0 aliphatic carbocycles. The number of hydrogen-bond donors (Lipinski definition) is 1. The van der Waals surface area contributed by atoms with E-state index in [-0.39, 0.29) is 12.5 Å². The molecule has 0 fully saturated rings. The smallest absolute Gasteiger partial charge is 0.240 e. The Labute approximate surface area is 148 Å². The van der Waals surface area contributed by atoms with Crippen molar-refractivity contribution >= 4 is 21.6 Å². The lowest BCUT2D eigenvalue weighted by Crippen LogP contribution is -2.41. The molecule has 0 spiro atoms. The molecule has 1 N–H and O–H groups in total. The second-order valence-electron chi connectivity index (χ2n) is 5.62. The number of aryl methyl sites for hydroxylation is 1. The summed E-state index contributed by atoms with van der Waals surface area (Å²) in [6, 6.07) is 16.1. The molecule has 0 atom stereocenters. The van der Waals surface area contributed by atoms with Crippen LogP contribution in [-0.2, 0) is 14.8 Å². The van der Waals surface area contributed by atoms with Crippen LogP contribution in [0.15, 0.2) is 54.6 Å². The third-order valence-electron chi connectivity index (χ3n) is 3.45. The number of anilines is 1. The molecule has 0 bridgehead atoms. The molecular formula is C18H22N2O4S. The van der Waals surface area contributed by atoms with E-state index in [1.165, 1.54) is 0 Å². The second kappa shape index (κ2) is 8.53. The standard InChI is InChI=1S/C18H22N2O4S/c1-15-8-10-17(11-9-15)24-13-12-19-18(21)14-20(25(2,22)23)16-6-4-3-5-7-16/h3-11H,12-14H2,1-2H3,(H,19,21). The molecule has 1 amide bonds. The number of carbonyl (C=O) groups is 1. The quantitative estimate of drug-likeness (QED) is 0.729. The first kappa shape index (κ1) is 18.8. The SMILES string of the molecule is Cc1ccc(OCCNC(=O)CN(c2ccccc2)S(C)(=O)=O)cc1. The number of rotatable bonds is 8. The minimum Gasteiger partial charge on any atom is -0.492 e. The van der Waals surface area contributed by atoms with E-state index in [0.717, 1.165) is 21.9 Å². The van der Waals surface area contributed by atoms with Crippen LogP contribution in [0.2, 0.25) is 0 Å². The van der Waals surface area contributed by atoms with E-state index in [9.17, 15) is 13.2 Å². The van der Waals surface area contributed by atoms with Crippen LogP contribution >= 0.6 is 0 Å². The fourth-order valence-corrected chi connectivity index (χ4v) is 3.03. The number of para-hydroxylation sites is 1. The molecule has 0 unspecified atom stereocenters. The van der Waals surface area contributed by atoms with Crippen LogP contribution in [0.25, 0.3) is 0 Å². The average Bonchev–Trinajstić information content (AvgIpc) is 2.58. The van der Waals surface area contributed by atoms with Crippen LogP contribution in [-0.4, -0.2) is 40.3 Å². The van der Waals surface area contributed by atoms with Gasteiger partial charge in [-0.15, -0.1) is 0 Å². The Hall–Kier alpha value is -2.54. The van der Waals surface area contributed by atoms with Gasteiger partial charge < -0.3 is 10.1 Å². The molecule has 2 aromatic carbocycles. The number of carbonyl (C=O) groups excluding carboxylic acids is 1. The largest absolute Gasteiger partial charge is 0.492 e. The number of nitrogens with zero attached hydrogens (tertiary/aromatic N) is 1. The monoisotopic (exact) mass is 362 g/mol. The highest BCUT2D eigenvalue weighted by Crippen LogP contribution is 2.16. The normalized spacial score (nSPS) is 11.0. The van der Waals surface area contributed by atoms with E-state index in [0.29, 0.717) is 18.8 Å². The molecule has 0 heterocycles. The maximum Gasteiger partial charge on any atom is 0.240 e. The van der Waals surface area contributed by atoms with Gasteiger partial charge in [0.1, 0.15) is 18.9 Å². The van der Waals surface area contributed by atoms with Crippen LogP contribution in [0.4, 0.5) is 5.69 Å². The van der Waals surface area contributed by atoms with Gasteiger partial charge in [-0.05, 0) is 31.2 Å². The molecular weight excluding hydrogens is 340 g/mol. The maximum atomic E-state index is 12.1. The average molecular weight is 362 g/mol. The summed E-state index contributed by atoms with van der Waals surface area (Å²) < 4.78 is 30.5. The Bertz CT molecular complexity index is 790. The first-order valence-corrected chi connectivity index (χ1v) is 9.70. The molecule has 0 aromatic heterocycles. The van der Waals surface area contributed by atoms with Crippen LogP contribution in [0.1, 0.15) is 5.56 Å². The second-order valence-corrected chi connectivity index (χ2v) is 7.52. The van der Waals surface area contributed by atoms with Gasteiger partial charge in [0.15, 0.2) is 0 Å². The van der Waals surface area contributed by atoms with Crippen LogP contribution < -0.4 is 14.4 Å². The Morgan fingerprint density at radius 2 is 1.72 bits per heavy atom. The zero-order valence-electron chi connectivity index (χ0n) is 14.3. The van der Waals surface area contributed by atoms with E-state index in [1.807, 2.05) is 31.2 Å². The van der Waals surface area contributed by atoms with Crippen molar-refractivity contribution in [3.8, 4) is 5.75 Å². The third-order valence-corrected chi connectivity index (χ3v) is 4.59. The molecule has 7 heteroatoms. The molecule has 0 aliphatic rings. The predicted octanol–water partition coefficient (Wildman–Crippen LogP) is 1.96. The number of nitrogens with one attached hydrogen (secondary N) is 1. The van der Waals surface area contributed by atoms with E-state index < -0.39 is 10.0 Å². The first-order chi connectivity index (χ1) is 11.9. The van der Waals surface area contributed by atoms with E-state index >= 15 is 0 Å². The van der Waals surface area contributed by atoms with Crippen LogP contribution in [0, 0.1) is 6.92 Å². The predicted molar refractivity (Wildman–Crippen MR) is 98.3 cm³/mol. The number of benzene rings is 2. The fraction of sp³-hybridized carbons (Fsp3) is 0.278. The Balaban J connectivity index is 1.84. The van der Waals surface area contributed by atoms with Gasteiger partial charge in [-0.25, -0.2) is 8.42 Å². The number of amides is 1. The van der Waals surface area contributed by atoms with E-state index in [1.54, 1.807) is 30.3 Å². The maximum absolute atomic E-state index is 12.1. The van der Waals surface area contributed by atoms with Crippen LogP contribution in [0.5, 0.6) is 5.75 Å². The highest BCUT2D eigenvalue weighted by Gasteiger charge is 2.20. The zero-order chi connectivity index (χ0) is 18.3. The Morgan fingerprint density at radius 1 is 1.08 bits per heavy atom. The zero-order valence-corrected chi connectivity index (χ0v) is 15.1. The molecule has 0 radical (unpaired) electrons. The summed E-state index contributed by atoms with van der Waals surface area (Å²) in [7, 11) is -3.55. The number of sulfonamides is 1. The van der Waals surface area contributed by atoms with Gasteiger partial charge in [-0.3, -0.25) is 9.10 Å². The van der Waals surface area contributed by atoms with Crippen molar-refractivity contribution in [2.24, 2.45) is 0 Å². The fourth-order valence-electron chi connectivity index (χ4n) is 2.17. The summed E-state index contributed by atoms with van der Waals surface area (Å²) >= 11 is 0. The molecule has 2 rings (SSSR count). The molecule has 25 heavy (non-hydrogen) atoms. The van der Waals surface area contributed by atoms with Crippen molar-refractivity contribution in [2.75, 3.05) is 30.3 Å². The summed E-state index contributed by atoms with van der Waals surface area (Å²) in [4.78, 5) is 12.1. The molecule has 0 aliphatic heterocycles. The van der Waals surface area contributed by atoms with Crippen molar-refractivity contribution < 1.29 is 17.9 Å². The molecule has 0 saturated carbocycles. The van der Waals surface area contributed by atoms with Gasteiger partial charge >= 0.3 is 0 Å². The van der Waals surface area contributed by atoms with Gasteiger partial charge in [0, 0.05) is 0 Å². The van der Waals surface area contributed by atoms with Crippen LogP contribution in [0.3, 0.4) is 0 Å². The molecule has 2 aromatic rings. The van der Waals surface area contributed by atoms with Crippen molar-refractivity contribution in [3.05, 3.63) is 60.2 Å². The lowest BCUT2D eigenvalue weighted by Gasteiger charge is -2.21. The summed E-state index contributed by atoms with van der Waals surface area (Å²) in [5, 5.41) is 2.67. The number of hydrogen-bond acceptors (Lipinski definition) is 4. The Morgan fingerprint density at radius 3 is 2.32 bits per heavy atom. The summed E-state index contributed by atoms with van der Waals surface area (Å²) in [5.41, 5.74) is 1.60. The van der Waals surface area contributed by atoms with Gasteiger partial charge in [-0.2, -0.15) is 0 Å². The summed E-state index contributed by atoms with van der Waals surface area (Å²) in [6.07, 6.45) is 1.08. The van der Waals surface area contributed by atoms with Crippen molar-refractivity contribution in [3.63, 3.8) is 0 Å². The van der Waals surface area contributed by atoms with Crippen molar-refractivity contribution in [1.82, 2.24) is 5.32 Å². The highest BCUT2D eigenvalue weighted by molar-refractivity contribution is 7.92.